The van der Waals surface area contributed by atoms with Crippen LogP contribution in [0.15, 0.2) is 24.3 Å². The van der Waals surface area contributed by atoms with Gasteiger partial charge in [0.1, 0.15) is 18.3 Å². The van der Waals surface area contributed by atoms with Gasteiger partial charge in [-0.1, -0.05) is 13.8 Å². The third kappa shape index (κ3) is 7.02. The van der Waals surface area contributed by atoms with E-state index in [9.17, 15) is 13.2 Å². The number of ether oxygens (including phenoxy) is 5. The number of anilines is 1. The molecule has 2 saturated heterocycles. The van der Waals surface area contributed by atoms with Crippen LogP contribution in [0.1, 0.15) is 46.1 Å². The zero-order chi connectivity index (χ0) is 24.9. The Morgan fingerprint density at radius 2 is 1.79 bits per heavy atom. The fraction of sp³-hybridized carbons (Fsp3) is 0.696. The van der Waals surface area contributed by atoms with Crippen LogP contribution < -0.4 is 10.6 Å². The summed E-state index contributed by atoms with van der Waals surface area (Å²) in [5, 5.41) is 6.36. The third-order valence-electron chi connectivity index (χ3n) is 5.39. The number of hydrogen-bond acceptors (Lipinski definition) is 6. The number of rotatable bonds is 10. The maximum atomic E-state index is 12.8. The Kier molecular flexibility index (Phi) is 9.16. The van der Waals surface area contributed by atoms with Gasteiger partial charge < -0.3 is 34.3 Å². The lowest BCUT2D eigenvalue weighted by Gasteiger charge is -2.32. The SMILES string of the molecule is CCCOC[C@@H](OCCC)[C@H]1O[C@@H]2OC(C)(C)O[C@@H]2[C@H]1NC(=S)Nc1ccc(C(F)(F)F)cc1. The number of alkyl halides is 3. The molecule has 0 saturated carbocycles. The van der Waals surface area contributed by atoms with E-state index in [1.54, 1.807) is 13.8 Å². The number of benzene rings is 1. The van der Waals surface area contributed by atoms with Crippen molar-refractivity contribution in [3.63, 3.8) is 0 Å². The molecule has 2 heterocycles. The van der Waals surface area contributed by atoms with Gasteiger partial charge >= 0.3 is 6.18 Å². The van der Waals surface area contributed by atoms with E-state index in [1.807, 2.05) is 13.8 Å². The second-order valence-corrected chi connectivity index (χ2v) is 9.16. The number of halogens is 3. The molecule has 2 N–H and O–H groups in total. The predicted molar refractivity (Wildman–Crippen MR) is 124 cm³/mol. The maximum absolute atomic E-state index is 12.8. The number of hydrogen-bond donors (Lipinski definition) is 2. The molecule has 0 aliphatic carbocycles. The van der Waals surface area contributed by atoms with Crippen molar-refractivity contribution in [3.8, 4) is 0 Å². The van der Waals surface area contributed by atoms with Crippen molar-refractivity contribution in [2.24, 2.45) is 0 Å². The van der Waals surface area contributed by atoms with Crippen LogP contribution in [-0.2, 0) is 29.9 Å². The van der Waals surface area contributed by atoms with E-state index < -0.39 is 48.2 Å². The highest BCUT2D eigenvalue weighted by atomic mass is 32.1. The Bertz CT molecular complexity index is 809. The van der Waals surface area contributed by atoms with Crippen molar-refractivity contribution >= 4 is 23.0 Å². The van der Waals surface area contributed by atoms with Gasteiger partial charge in [-0.15, -0.1) is 0 Å². The van der Waals surface area contributed by atoms with E-state index in [-0.39, 0.29) is 5.11 Å². The Morgan fingerprint density at radius 3 is 2.41 bits per heavy atom. The van der Waals surface area contributed by atoms with E-state index in [2.05, 4.69) is 10.6 Å². The Morgan fingerprint density at radius 1 is 1.12 bits per heavy atom. The standard InChI is InChI=1S/C23H33F3N2O5S/c1-5-11-29-13-16(30-12-6-2)18-17(19-20(31-18)33-22(3,4)32-19)28-21(34)27-15-9-7-14(8-10-15)23(24,25)26/h7-10,16-20H,5-6,11-13H2,1-4H3,(H2,27,28,34)/t16-,17+,18-,19-,20-/m1/s1. The van der Waals surface area contributed by atoms with Crippen LogP contribution in [0.25, 0.3) is 0 Å². The third-order valence-corrected chi connectivity index (χ3v) is 5.61. The summed E-state index contributed by atoms with van der Waals surface area (Å²) >= 11 is 5.46. The van der Waals surface area contributed by atoms with Gasteiger partial charge in [0.2, 0.25) is 0 Å². The molecule has 1 aromatic rings. The van der Waals surface area contributed by atoms with E-state index in [4.69, 9.17) is 35.9 Å². The lowest BCUT2D eigenvalue weighted by molar-refractivity contribution is -0.222. The molecular weight excluding hydrogens is 473 g/mol. The average molecular weight is 507 g/mol. The van der Waals surface area contributed by atoms with Gasteiger partial charge in [-0.25, -0.2) is 0 Å². The van der Waals surface area contributed by atoms with Crippen molar-refractivity contribution in [2.45, 2.75) is 83.1 Å². The van der Waals surface area contributed by atoms with Gasteiger partial charge in [-0.05, 0) is 63.2 Å². The van der Waals surface area contributed by atoms with Crippen LogP contribution in [0.5, 0.6) is 0 Å². The average Bonchev–Trinajstić information content (AvgIpc) is 3.22. The monoisotopic (exact) mass is 506 g/mol. The summed E-state index contributed by atoms with van der Waals surface area (Å²) in [5.41, 5.74) is -0.308. The van der Waals surface area contributed by atoms with E-state index in [0.29, 0.717) is 25.5 Å². The first kappa shape index (κ1) is 27.1. The molecule has 0 spiro atoms. The Balaban J connectivity index is 1.72. The molecule has 0 amide bonds. The van der Waals surface area contributed by atoms with Gasteiger partial charge in [-0.3, -0.25) is 0 Å². The lowest BCUT2D eigenvalue weighted by Crippen LogP contribution is -2.54. The van der Waals surface area contributed by atoms with E-state index in [1.165, 1.54) is 12.1 Å². The van der Waals surface area contributed by atoms with Crippen molar-refractivity contribution in [3.05, 3.63) is 29.8 Å². The Hall–Kier alpha value is -1.50. The fourth-order valence-corrected chi connectivity index (χ4v) is 4.18. The highest BCUT2D eigenvalue weighted by molar-refractivity contribution is 7.80. The van der Waals surface area contributed by atoms with Gasteiger partial charge in [0.05, 0.1) is 18.2 Å². The first-order valence-electron chi connectivity index (χ1n) is 11.5. The summed E-state index contributed by atoms with van der Waals surface area (Å²) in [6.45, 7) is 9.10. The van der Waals surface area contributed by atoms with Crippen LogP contribution >= 0.6 is 12.2 Å². The second-order valence-electron chi connectivity index (χ2n) is 8.75. The van der Waals surface area contributed by atoms with Gasteiger partial charge in [0.25, 0.3) is 0 Å². The molecule has 3 rings (SSSR count). The summed E-state index contributed by atoms with van der Waals surface area (Å²) in [5.74, 6) is -0.832. The highest BCUT2D eigenvalue weighted by Crippen LogP contribution is 2.39. The molecule has 0 aromatic heterocycles. The largest absolute Gasteiger partial charge is 0.416 e. The summed E-state index contributed by atoms with van der Waals surface area (Å²) in [4.78, 5) is 0. The van der Waals surface area contributed by atoms with Crippen molar-refractivity contribution < 1.29 is 36.9 Å². The molecule has 1 aromatic carbocycles. The molecule has 2 aliphatic rings. The zero-order valence-corrected chi connectivity index (χ0v) is 20.6. The molecule has 34 heavy (non-hydrogen) atoms. The molecule has 11 heteroatoms. The fourth-order valence-electron chi connectivity index (χ4n) is 3.93. The van der Waals surface area contributed by atoms with Crippen LogP contribution in [0.2, 0.25) is 0 Å². The molecular formula is C23H33F3N2O5S. The van der Waals surface area contributed by atoms with Crippen molar-refractivity contribution in [1.82, 2.24) is 5.32 Å². The summed E-state index contributed by atoms with van der Waals surface area (Å²) < 4.78 is 68.5. The van der Waals surface area contributed by atoms with Gasteiger partial charge in [0.15, 0.2) is 17.2 Å². The summed E-state index contributed by atoms with van der Waals surface area (Å²) in [6.07, 6.45) is -4.66. The molecule has 2 aliphatic heterocycles. The molecule has 2 fully saturated rings. The molecule has 0 unspecified atom stereocenters. The van der Waals surface area contributed by atoms with Gasteiger partial charge in [0, 0.05) is 18.9 Å². The predicted octanol–water partition coefficient (Wildman–Crippen LogP) is 4.46. The molecule has 192 valence electrons. The van der Waals surface area contributed by atoms with Crippen molar-refractivity contribution in [1.29, 1.82) is 0 Å². The number of nitrogens with one attached hydrogen (secondary N) is 2. The van der Waals surface area contributed by atoms with Crippen LogP contribution in [0.4, 0.5) is 18.9 Å². The van der Waals surface area contributed by atoms with E-state index >= 15 is 0 Å². The Labute approximate surface area is 203 Å². The minimum atomic E-state index is -4.40. The smallest absolute Gasteiger partial charge is 0.379 e. The number of thiocarbonyl (C=S) groups is 1. The molecule has 0 radical (unpaired) electrons. The topological polar surface area (TPSA) is 70.2 Å². The lowest BCUT2D eigenvalue weighted by atomic mass is 10.0. The van der Waals surface area contributed by atoms with Gasteiger partial charge in [-0.2, -0.15) is 13.2 Å². The zero-order valence-electron chi connectivity index (χ0n) is 19.8. The molecule has 5 atom stereocenters. The number of fused-ring (bicyclic) bond motifs is 1. The first-order chi connectivity index (χ1) is 16.0. The van der Waals surface area contributed by atoms with Crippen molar-refractivity contribution in [2.75, 3.05) is 25.1 Å². The second kappa shape index (κ2) is 11.5. The molecule has 0 bridgehead atoms. The quantitative estimate of drug-likeness (QED) is 0.356. The highest BCUT2D eigenvalue weighted by Gasteiger charge is 2.57. The van der Waals surface area contributed by atoms with E-state index in [0.717, 1.165) is 25.0 Å². The summed E-state index contributed by atoms with van der Waals surface area (Å²) in [6, 6.07) is 4.21. The minimum Gasteiger partial charge on any atom is -0.379 e. The van der Waals surface area contributed by atoms with Crippen LogP contribution in [0.3, 0.4) is 0 Å². The van der Waals surface area contributed by atoms with Crippen LogP contribution in [0, 0.1) is 0 Å². The summed E-state index contributed by atoms with van der Waals surface area (Å²) in [7, 11) is 0. The van der Waals surface area contributed by atoms with Crippen LogP contribution in [-0.4, -0.2) is 61.4 Å². The molecule has 7 nitrogen and oxygen atoms in total. The maximum Gasteiger partial charge on any atom is 0.416 e. The first-order valence-corrected chi connectivity index (χ1v) is 11.9. The normalized spacial score (nSPS) is 26.8. The minimum absolute atomic E-state index is 0.219.